The zero-order valence-corrected chi connectivity index (χ0v) is 12.9. The summed E-state index contributed by atoms with van der Waals surface area (Å²) in [6, 6.07) is 5.38. The lowest BCUT2D eigenvalue weighted by Crippen LogP contribution is -2.13. The molecular formula is C15H12N6OS. The summed E-state index contributed by atoms with van der Waals surface area (Å²) in [5, 5.41) is 13.5. The zero-order valence-electron chi connectivity index (χ0n) is 12.1. The van der Waals surface area contributed by atoms with E-state index >= 15 is 0 Å². The molecule has 7 nitrogen and oxygen atoms in total. The van der Waals surface area contributed by atoms with Crippen LogP contribution in [0.2, 0.25) is 0 Å². The predicted octanol–water partition coefficient (Wildman–Crippen LogP) is 2.97. The quantitative estimate of drug-likeness (QED) is 0.539. The molecule has 1 amide bonds. The molecule has 0 aromatic carbocycles. The lowest BCUT2D eigenvalue weighted by molar-refractivity contribution is 0.102. The van der Waals surface area contributed by atoms with Gasteiger partial charge in [-0.3, -0.25) is 9.89 Å². The number of nitrogens with one attached hydrogen (secondary N) is 3. The van der Waals surface area contributed by atoms with Gasteiger partial charge in [0.2, 0.25) is 0 Å². The van der Waals surface area contributed by atoms with Crippen LogP contribution in [0.4, 0.5) is 5.82 Å². The van der Waals surface area contributed by atoms with Crippen LogP contribution in [0.15, 0.2) is 35.2 Å². The molecule has 0 aliphatic rings. The van der Waals surface area contributed by atoms with Gasteiger partial charge in [0.05, 0.1) is 11.3 Å². The summed E-state index contributed by atoms with van der Waals surface area (Å²) in [5.41, 5.74) is 3.37. The fourth-order valence-corrected chi connectivity index (χ4v) is 2.95. The SMILES string of the molecule is Cc1cc(NC(=O)c2ccnc3[nH]c(-c4ccsc4)nc23)[nH]n1. The molecule has 0 bridgehead atoms. The third-order valence-corrected chi connectivity index (χ3v) is 4.06. The number of thiophene rings is 1. The first-order valence-corrected chi connectivity index (χ1v) is 7.85. The van der Waals surface area contributed by atoms with Gasteiger partial charge in [-0.25, -0.2) is 9.97 Å². The normalized spacial score (nSPS) is 11.0. The van der Waals surface area contributed by atoms with Crippen LogP contribution >= 0.6 is 11.3 Å². The Labute approximate surface area is 134 Å². The zero-order chi connectivity index (χ0) is 15.8. The van der Waals surface area contributed by atoms with E-state index in [0.717, 1.165) is 11.3 Å². The first-order valence-electron chi connectivity index (χ1n) is 6.91. The van der Waals surface area contributed by atoms with E-state index in [-0.39, 0.29) is 5.91 Å². The largest absolute Gasteiger partial charge is 0.323 e. The highest BCUT2D eigenvalue weighted by Gasteiger charge is 2.16. The van der Waals surface area contributed by atoms with Gasteiger partial charge in [-0.15, -0.1) is 0 Å². The molecule has 0 spiro atoms. The number of H-pyrrole nitrogens is 2. The van der Waals surface area contributed by atoms with Crippen molar-refractivity contribution in [2.24, 2.45) is 0 Å². The number of aromatic amines is 2. The Hall–Kier alpha value is -3.00. The summed E-state index contributed by atoms with van der Waals surface area (Å²) in [4.78, 5) is 24.4. The van der Waals surface area contributed by atoms with Crippen LogP contribution in [0, 0.1) is 6.92 Å². The Balaban J connectivity index is 1.73. The molecule has 23 heavy (non-hydrogen) atoms. The number of aromatic nitrogens is 5. The summed E-state index contributed by atoms with van der Waals surface area (Å²) >= 11 is 1.59. The maximum atomic E-state index is 12.5. The maximum Gasteiger partial charge on any atom is 0.259 e. The minimum atomic E-state index is -0.260. The molecule has 114 valence electrons. The molecule has 4 heterocycles. The number of carbonyl (C=O) groups is 1. The van der Waals surface area contributed by atoms with E-state index < -0.39 is 0 Å². The topological polar surface area (TPSA) is 99.4 Å². The van der Waals surface area contributed by atoms with Crippen molar-refractivity contribution in [2.45, 2.75) is 6.92 Å². The molecule has 0 fully saturated rings. The van der Waals surface area contributed by atoms with Gasteiger partial charge in [-0.05, 0) is 24.4 Å². The summed E-state index contributed by atoms with van der Waals surface area (Å²) in [7, 11) is 0. The molecule has 0 radical (unpaired) electrons. The molecule has 4 rings (SSSR count). The molecule has 4 aromatic rings. The lowest BCUT2D eigenvalue weighted by Gasteiger charge is -2.02. The molecule has 0 saturated heterocycles. The van der Waals surface area contributed by atoms with Crippen molar-refractivity contribution < 1.29 is 4.79 Å². The molecular weight excluding hydrogens is 312 g/mol. The summed E-state index contributed by atoms with van der Waals surface area (Å²) in [5.74, 6) is 0.988. The van der Waals surface area contributed by atoms with Crippen molar-refractivity contribution in [1.82, 2.24) is 25.1 Å². The highest BCUT2D eigenvalue weighted by atomic mass is 32.1. The lowest BCUT2D eigenvalue weighted by atomic mass is 10.2. The number of amides is 1. The van der Waals surface area contributed by atoms with E-state index in [2.05, 4.69) is 30.5 Å². The van der Waals surface area contributed by atoms with Crippen LogP contribution in [0.25, 0.3) is 22.6 Å². The fraction of sp³-hybridized carbons (Fsp3) is 0.0667. The Morgan fingerprint density at radius 1 is 1.35 bits per heavy atom. The van der Waals surface area contributed by atoms with E-state index in [4.69, 9.17) is 0 Å². The van der Waals surface area contributed by atoms with E-state index in [1.165, 1.54) is 0 Å². The first-order chi connectivity index (χ1) is 11.2. The molecule has 0 unspecified atom stereocenters. The first kappa shape index (κ1) is 13.6. The fourth-order valence-electron chi connectivity index (χ4n) is 2.31. The van der Waals surface area contributed by atoms with Gasteiger partial charge in [0.15, 0.2) is 5.65 Å². The summed E-state index contributed by atoms with van der Waals surface area (Å²) < 4.78 is 0. The number of hydrogen-bond acceptors (Lipinski definition) is 5. The Morgan fingerprint density at radius 2 is 2.26 bits per heavy atom. The highest BCUT2D eigenvalue weighted by molar-refractivity contribution is 7.08. The van der Waals surface area contributed by atoms with Gasteiger partial charge >= 0.3 is 0 Å². The van der Waals surface area contributed by atoms with Gasteiger partial charge in [0.1, 0.15) is 17.2 Å². The number of nitrogens with zero attached hydrogens (tertiary/aromatic N) is 3. The number of imidazole rings is 1. The van der Waals surface area contributed by atoms with E-state index in [0.29, 0.717) is 28.4 Å². The van der Waals surface area contributed by atoms with Crippen LogP contribution in [-0.4, -0.2) is 31.1 Å². The molecule has 3 N–H and O–H groups in total. The molecule has 0 saturated carbocycles. The Bertz CT molecular complexity index is 985. The van der Waals surface area contributed by atoms with Gasteiger partial charge in [0.25, 0.3) is 5.91 Å². The second kappa shape index (κ2) is 5.33. The number of pyridine rings is 1. The Kier molecular flexibility index (Phi) is 3.16. The van der Waals surface area contributed by atoms with Crippen molar-refractivity contribution >= 4 is 34.2 Å². The van der Waals surface area contributed by atoms with Crippen LogP contribution in [-0.2, 0) is 0 Å². The third kappa shape index (κ3) is 2.49. The van der Waals surface area contributed by atoms with Crippen LogP contribution < -0.4 is 5.32 Å². The average Bonchev–Trinajstić information content (AvgIpc) is 3.26. The van der Waals surface area contributed by atoms with Gasteiger partial charge in [-0.2, -0.15) is 16.4 Å². The average molecular weight is 324 g/mol. The number of fused-ring (bicyclic) bond motifs is 1. The van der Waals surface area contributed by atoms with Crippen molar-refractivity contribution in [3.8, 4) is 11.4 Å². The highest BCUT2D eigenvalue weighted by Crippen LogP contribution is 2.23. The number of aryl methyl sites for hydroxylation is 1. The Morgan fingerprint density at radius 3 is 3.00 bits per heavy atom. The molecule has 4 aromatic heterocycles. The van der Waals surface area contributed by atoms with Crippen molar-refractivity contribution in [3.05, 3.63) is 46.4 Å². The number of anilines is 1. The standard InChI is InChI=1S/C15H12N6OS/c1-8-6-11(21-20-8)17-15(22)10-2-4-16-14-12(10)18-13(19-14)9-3-5-23-7-9/h2-7H,1H3,(H,16,18,19)(H2,17,20,21,22). The van der Waals surface area contributed by atoms with Gasteiger partial charge in [0, 0.05) is 23.2 Å². The van der Waals surface area contributed by atoms with Crippen molar-refractivity contribution in [3.63, 3.8) is 0 Å². The van der Waals surface area contributed by atoms with Gasteiger partial charge in [-0.1, -0.05) is 0 Å². The predicted molar refractivity (Wildman–Crippen MR) is 88.5 cm³/mol. The number of hydrogen-bond donors (Lipinski definition) is 3. The molecule has 0 aliphatic heterocycles. The van der Waals surface area contributed by atoms with Crippen LogP contribution in [0.3, 0.4) is 0 Å². The summed E-state index contributed by atoms with van der Waals surface area (Å²) in [6.45, 7) is 1.84. The second-order valence-electron chi connectivity index (χ2n) is 5.03. The van der Waals surface area contributed by atoms with Crippen LogP contribution in [0.5, 0.6) is 0 Å². The van der Waals surface area contributed by atoms with E-state index in [1.54, 1.807) is 29.7 Å². The second-order valence-corrected chi connectivity index (χ2v) is 5.81. The monoisotopic (exact) mass is 324 g/mol. The third-order valence-electron chi connectivity index (χ3n) is 3.38. The summed E-state index contributed by atoms with van der Waals surface area (Å²) in [6.07, 6.45) is 1.59. The maximum absolute atomic E-state index is 12.5. The molecule has 0 aliphatic carbocycles. The smallest absolute Gasteiger partial charge is 0.259 e. The van der Waals surface area contributed by atoms with Crippen molar-refractivity contribution in [2.75, 3.05) is 5.32 Å². The van der Waals surface area contributed by atoms with Crippen LogP contribution in [0.1, 0.15) is 16.1 Å². The number of carbonyl (C=O) groups excluding carboxylic acids is 1. The van der Waals surface area contributed by atoms with E-state index in [1.807, 2.05) is 23.8 Å². The molecule has 0 atom stereocenters. The minimum Gasteiger partial charge on any atom is -0.323 e. The number of rotatable bonds is 3. The van der Waals surface area contributed by atoms with E-state index in [9.17, 15) is 4.79 Å². The van der Waals surface area contributed by atoms with Crippen molar-refractivity contribution in [1.29, 1.82) is 0 Å². The molecule has 8 heteroatoms. The minimum absolute atomic E-state index is 0.260. The van der Waals surface area contributed by atoms with Gasteiger partial charge < -0.3 is 10.3 Å².